The number of sulfonamides is 1. The molecule has 0 radical (unpaired) electrons. The molecule has 0 unspecified atom stereocenters. The molecule has 1 aromatic rings. The third-order valence-electron chi connectivity index (χ3n) is 3.47. The van der Waals surface area contributed by atoms with Gasteiger partial charge in [0.2, 0.25) is 10.0 Å². The fourth-order valence-electron chi connectivity index (χ4n) is 2.35. The number of nitrogens with one attached hydrogen (secondary N) is 1. The van der Waals surface area contributed by atoms with E-state index in [1.807, 2.05) is 0 Å². The second-order valence-corrected chi connectivity index (χ2v) is 6.94. The summed E-state index contributed by atoms with van der Waals surface area (Å²) in [5.41, 5.74) is 2.51. The van der Waals surface area contributed by atoms with E-state index in [1.165, 1.54) is 21.1 Å². The van der Waals surface area contributed by atoms with Crippen molar-refractivity contribution in [3.05, 3.63) is 18.0 Å². The molecule has 0 bridgehead atoms. The highest BCUT2D eigenvalue weighted by atomic mass is 32.2. The first-order valence-corrected chi connectivity index (χ1v) is 8.49. The lowest BCUT2D eigenvalue weighted by Gasteiger charge is -2.25. The summed E-state index contributed by atoms with van der Waals surface area (Å²) in [4.78, 5) is 16.9. The van der Waals surface area contributed by atoms with Crippen LogP contribution in [0.4, 0.5) is 0 Å². The van der Waals surface area contributed by atoms with Gasteiger partial charge in [0.25, 0.3) is 5.91 Å². The van der Waals surface area contributed by atoms with Crippen LogP contribution in [0.2, 0.25) is 0 Å². The van der Waals surface area contributed by atoms with Crippen molar-refractivity contribution >= 4 is 15.9 Å². The molecule has 1 aromatic heterocycles. The average molecular weight is 315 g/mol. The van der Waals surface area contributed by atoms with Gasteiger partial charge in [-0.3, -0.25) is 9.63 Å². The summed E-state index contributed by atoms with van der Waals surface area (Å²) in [6.07, 6.45) is 4.28. The number of hydrogen-bond acceptors (Lipinski definition) is 4. The summed E-state index contributed by atoms with van der Waals surface area (Å²) in [5.74, 6) is -0.459. The molecule has 21 heavy (non-hydrogen) atoms. The Kier molecular flexibility index (Phi) is 5.02. The molecule has 1 N–H and O–H groups in total. The van der Waals surface area contributed by atoms with Crippen LogP contribution in [0.15, 0.2) is 17.2 Å². The molecular formula is C13H21N3O4S. The van der Waals surface area contributed by atoms with Gasteiger partial charge in [-0.25, -0.2) is 13.9 Å². The lowest BCUT2D eigenvalue weighted by molar-refractivity contribution is 0.0357. The summed E-state index contributed by atoms with van der Waals surface area (Å²) in [5, 5.41) is 0. The fourth-order valence-corrected chi connectivity index (χ4v) is 3.93. The Morgan fingerprint density at radius 3 is 2.62 bits per heavy atom. The molecule has 0 aromatic carbocycles. The van der Waals surface area contributed by atoms with Crippen LogP contribution in [0.3, 0.4) is 0 Å². The van der Waals surface area contributed by atoms with Crippen molar-refractivity contribution in [2.45, 2.75) is 31.1 Å². The Balaban J connectivity index is 2.22. The number of rotatable bonds is 5. The predicted molar refractivity (Wildman–Crippen MR) is 77.1 cm³/mol. The number of amides is 1. The van der Waals surface area contributed by atoms with Gasteiger partial charge in [0.15, 0.2) is 0 Å². The Bertz CT molecular complexity index is 603. The van der Waals surface area contributed by atoms with E-state index in [9.17, 15) is 13.2 Å². The number of nitrogens with zero attached hydrogens (tertiary/aromatic N) is 2. The van der Waals surface area contributed by atoms with Crippen LogP contribution in [-0.2, 0) is 21.9 Å². The largest absolute Gasteiger partial charge is 0.345 e. The summed E-state index contributed by atoms with van der Waals surface area (Å²) in [6, 6.07) is 1.39. The maximum absolute atomic E-state index is 12.5. The topological polar surface area (TPSA) is 80.6 Å². The highest BCUT2D eigenvalue weighted by molar-refractivity contribution is 7.89. The predicted octanol–water partition coefficient (Wildman–Crippen LogP) is 0.881. The molecule has 1 aliphatic rings. The zero-order chi connectivity index (χ0) is 15.5. The minimum absolute atomic E-state index is 0.147. The molecule has 2 rings (SSSR count). The van der Waals surface area contributed by atoms with E-state index in [1.54, 1.807) is 14.0 Å². The Hall–Kier alpha value is -1.38. The molecule has 7 nitrogen and oxygen atoms in total. The Morgan fingerprint density at radius 1 is 1.33 bits per heavy atom. The summed E-state index contributed by atoms with van der Waals surface area (Å²) >= 11 is 0. The highest BCUT2D eigenvalue weighted by Crippen LogP contribution is 2.22. The van der Waals surface area contributed by atoms with E-state index in [0.29, 0.717) is 19.7 Å². The number of carbonyl (C=O) groups is 1. The lowest BCUT2D eigenvalue weighted by Crippen LogP contribution is -2.35. The molecule has 2 heterocycles. The van der Waals surface area contributed by atoms with Crippen molar-refractivity contribution in [3.8, 4) is 0 Å². The second-order valence-electron chi connectivity index (χ2n) is 5.00. The van der Waals surface area contributed by atoms with E-state index >= 15 is 0 Å². The van der Waals surface area contributed by atoms with Crippen LogP contribution >= 0.6 is 0 Å². The molecular weight excluding hydrogens is 294 g/mol. The minimum atomic E-state index is -3.53. The third-order valence-corrected chi connectivity index (χ3v) is 5.34. The van der Waals surface area contributed by atoms with Gasteiger partial charge in [0, 0.05) is 26.3 Å². The van der Waals surface area contributed by atoms with Crippen molar-refractivity contribution in [3.63, 3.8) is 0 Å². The molecule has 118 valence electrons. The van der Waals surface area contributed by atoms with Crippen LogP contribution in [0.1, 0.15) is 36.7 Å². The standard InChI is InChI=1S/C13H21N3O4S/c1-3-20-14-13(17)12-9-11(10-15(12)2)21(18,19)16-7-5-4-6-8-16/h9-10H,3-8H2,1-2H3,(H,14,17). The Morgan fingerprint density at radius 2 is 2.00 bits per heavy atom. The van der Waals surface area contributed by atoms with Gasteiger partial charge in [-0.2, -0.15) is 4.31 Å². The summed E-state index contributed by atoms with van der Waals surface area (Å²) in [7, 11) is -1.89. The quantitative estimate of drug-likeness (QED) is 0.818. The first-order valence-electron chi connectivity index (χ1n) is 7.05. The monoisotopic (exact) mass is 315 g/mol. The fraction of sp³-hybridized carbons (Fsp3) is 0.615. The Labute approximate surface area is 124 Å². The van der Waals surface area contributed by atoms with Crippen LogP contribution in [-0.4, -0.2) is 42.9 Å². The van der Waals surface area contributed by atoms with E-state index in [2.05, 4.69) is 5.48 Å². The number of aromatic nitrogens is 1. The molecule has 0 spiro atoms. The number of aryl methyl sites for hydroxylation is 1. The minimum Gasteiger partial charge on any atom is -0.345 e. The molecule has 0 saturated carbocycles. The molecule has 0 aliphatic carbocycles. The molecule has 1 amide bonds. The zero-order valence-electron chi connectivity index (χ0n) is 12.3. The van der Waals surface area contributed by atoms with Crippen molar-refractivity contribution < 1.29 is 18.0 Å². The number of hydroxylamine groups is 1. The number of hydrogen-bond donors (Lipinski definition) is 1. The van der Waals surface area contributed by atoms with E-state index in [4.69, 9.17) is 4.84 Å². The molecule has 1 saturated heterocycles. The second kappa shape index (κ2) is 6.59. The van der Waals surface area contributed by atoms with Gasteiger partial charge in [0.1, 0.15) is 10.6 Å². The molecule has 1 fully saturated rings. The first kappa shape index (κ1) is 16.0. The number of carbonyl (C=O) groups excluding carboxylic acids is 1. The van der Waals surface area contributed by atoms with Crippen molar-refractivity contribution in [2.24, 2.45) is 7.05 Å². The maximum Gasteiger partial charge on any atom is 0.291 e. The van der Waals surface area contributed by atoms with E-state index in [0.717, 1.165) is 19.3 Å². The first-order chi connectivity index (χ1) is 9.96. The van der Waals surface area contributed by atoms with Crippen LogP contribution in [0.5, 0.6) is 0 Å². The summed E-state index contributed by atoms with van der Waals surface area (Å²) in [6.45, 7) is 3.17. The van der Waals surface area contributed by atoms with Crippen molar-refractivity contribution in [1.82, 2.24) is 14.4 Å². The van der Waals surface area contributed by atoms with Crippen molar-refractivity contribution in [2.75, 3.05) is 19.7 Å². The molecule has 8 heteroatoms. The van der Waals surface area contributed by atoms with Gasteiger partial charge in [-0.05, 0) is 25.8 Å². The van der Waals surface area contributed by atoms with Crippen LogP contribution in [0, 0.1) is 0 Å². The van der Waals surface area contributed by atoms with Crippen LogP contribution in [0.25, 0.3) is 0 Å². The maximum atomic E-state index is 12.5. The van der Waals surface area contributed by atoms with Gasteiger partial charge in [0.05, 0.1) is 6.61 Å². The lowest BCUT2D eigenvalue weighted by atomic mass is 10.2. The smallest absolute Gasteiger partial charge is 0.291 e. The van der Waals surface area contributed by atoms with Crippen molar-refractivity contribution in [1.29, 1.82) is 0 Å². The van der Waals surface area contributed by atoms with Gasteiger partial charge < -0.3 is 4.57 Å². The SMILES string of the molecule is CCONC(=O)c1cc(S(=O)(=O)N2CCCCC2)cn1C. The van der Waals surface area contributed by atoms with E-state index in [-0.39, 0.29) is 10.6 Å². The number of piperidine rings is 1. The average Bonchev–Trinajstić information content (AvgIpc) is 2.88. The van der Waals surface area contributed by atoms with Crippen LogP contribution < -0.4 is 5.48 Å². The normalized spacial score (nSPS) is 16.9. The van der Waals surface area contributed by atoms with Gasteiger partial charge in [-0.1, -0.05) is 6.42 Å². The zero-order valence-corrected chi connectivity index (χ0v) is 13.1. The van der Waals surface area contributed by atoms with Gasteiger partial charge in [-0.15, -0.1) is 0 Å². The van der Waals surface area contributed by atoms with E-state index < -0.39 is 15.9 Å². The highest BCUT2D eigenvalue weighted by Gasteiger charge is 2.28. The molecule has 1 aliphatic heterocycles. The van der Waals surface area contributed by atoms with Gasteiger partial charge >= 0.3 is 0 Å². The molecule has 0 atom stereocenters. The third kappa shape index (κ3) is 3.45. The summed E-state index contributed by atoms with van der Waals surface area (Å²) < 4.78 is 28.1.